The summed E-state index contributed by atoms with van der Waals surface area (Å²) in [6, 6.07) is 14.1. The van der Waals surface area contributed by atoms with Gasteiger partial charge in [-0.2, -0.15) is 0 Å². The van der Waals surface area contributed by atoms with Crippen molar-refractivity contribution in [1.82, 2.24) is 4.57 Å². The van der Waals surface area contributed by atoms with Gasteiger partial charge in [-0.15, -0.1) is 0 Å². The summed E-state index contributed by atoms with van der Waals surface area (Å²) >= 11 is 1.28. The maximum Gasteiger partial charge on any atom is 0.338 e. The molecule has 0 saturated carbocycles. The summed E-state index contributed by atoms with van der Waals surface area (Å²) < 4.78 is 18.4. The number of hydrogen-bond acceptors (Lipinski definition) is 7. The predicted molar refractivity (Wildman–Crippen MR) is 126 cm³/mol. The van der Waals surface area contributed by atoms with Crippen LogP contribution in [0.1, 0.15) is 31.0 Å². The summed E-state index contributed by atoms with van der Waals surface area (Å²) in [6.07, 6.45) is 1.83. The molecule has 0 aliphatic carbocycles. The van der Waals surface area contributed by atoms with Crippen molar-refractivity contribution in [1.29, 1.82) is 0 Å². The van der Waals surface area contributed by atoms with Gasteiger partial charge in [0.05, 0.1) is 36.6 Å². The van der Waals surface area contributed by atoms with Crippen LogP contribution in [0.5, 0.6) is 11.5 Å². The average molecular weight is 465 g/mol. The Morgan fingerprint density at radius 2 is 1.91 bits per heavy atom. The van der Waals surface area contributed by atoms with Crippen LogP contribution in [0.15, 0.2) is 69.6 Å². The Kier molecular flexibility index (Phi) is 6.46. The minimum atomic E-state index is -0.775. The number of thiazole rings is 1. The number of ether oxygens (including phenoxy) is 3. The third-order valence-electron chi connectivity index (χ3n) is 5.35. The van der Waals surface area contributed by atoms with Crippen LogP contribution >= 0.6 is 11.3 Å². The minimum Gasteiger partial charge on any atom is -0.497 e. The van der Waals surface area contributed by atoms with Gasteiger partial charge in [0.2, 0.25) is 0 Å². The smallest absolute Gasteiger partial charge is 0.338 e. The Morgan fingerprint density at radius 3 is 2.58 bits per heavy atom. The molecule has 33 heavy (non-hydrogen) atoms. The molecule has 1 unspecified atom stereocenters. The zero-order valence-corrected chi connectivity index (χ0v) is 19.6. The van der Waals surface area contributed by atoms with Gasteiger partial charge in [-0.05, 0) is 43.7 Å². The number of aromatic nitrogens is 1. The maximum absolute atomic E-state index is 13.6. The number of methoxy groups -OCH3 is 2. The molecule has 170 valence electrons. The Morgan fingerprint density at radius 1 is 1.15 bits per heavy atom. The Labute approximate surface area is 194 Å². The lowest BCUT2D eigenvalue weighted by atomic mass is 9.94. The first-order valence-electron chi connectivity index (χ1n) is 10.4. The summed E-state index contributed by atoms with van der Waals surface area (Å²) in [4.78, 5) is 31.8. The second kappa shape index (κ2) is 9.46. The lowest BCUT2D eigenvalue weighted by Crippen LogP contribution is -2.40. The van der Waals surface area contributed by atoms with E-state index in [9.17, 15) is 9.59 Å². The summed E-state index contributed by atoms with van der Waals surface area (Å²) in [7, 11) is 3.11. The Hall–Kier alpha value is -3.65. The fourth-order valence-electron chi connectivity index (χ4n) is 3.84. The van der Waals surface area contributed by atoms with Crippen molar-refractivity contribution < 1.29 is 19.0 Å². The number of fused-ring (bicyclic) bond motifs is 1. The van der Waals surface area contributed by atoms with Gasteiger partial charge in [-0.3, -0.25) is 9.36 Å². The van der Waals surface area contributed by atoms with Crippen LogP contribution in [0, 0.1) is 0 Å². The van der Waals surface area contributed by atoms with Crippen LogP contribution in [-0.4, -0.2) is 31.4 Å². The van der Waals surface area contributed by atoms with Crippen LogP contribution in [0.25, 0.3) is 6.08 Å². The third kappa shape index (κ3) is 4.21. The highest BCUT2D eigenvalue weighted by Gasteiger charge is 2.35. The van der Waals surface area contributed by atoms with E-state index in [1.54, 1.807) is 46.3 Å². The molecule has 2 heterocycles. The molecular weight excluding hydrogens is 440 g/mol. The van der Waals surface area contributed by atoms with Gasteiger partial charge in [0, 0.05) is 5.56 Å². The fraction of sp³-hybridized carbons (Fsp3) is 0.240. The normalized spacial score (nSPS) is 15.6. The first kappa shape index (κ1) is 22.5. The Bertz CT molecular complexity index is 1400. The van der Waals surface area contributed by atoms with E-state index in [0.29, 0.717) is 37.7 Å². The Balaban J connectivity index is 2.02. The number of esters is 1. The highest BCUT2D eigenvalue weighted by Crippen LogP contribution is 2.37. The SMILES string of the molecule is CCOC(=O)C1=C(C)N=c2s/c(=C/c3ccccc3)c(=O)n2C1c1cc(OC)ccc1OC. The molecule has 2 aromatic carbocycles. The maximum atomic E-state index is 13.6. The second-order valence-electron chi connectivity index (χ2n) is 7.32. The molecule has 0 N–H and O–H groups in total. The number of hydrogen-bond donors (Lipinski definition) is 0. The van der Waals surface area contributed by atoms with Gasteiger partial charge >= 0.3 is 5.97 Å². The molecule has 0 saturated heterocycles. The molecule has 8 heteroatoms. The number of carbonyl (C=O) groups excluding carboxylic acids is 1. The second-order valence-corrected chi connectivity index (χ2v) is 8.33. The number of nitrogens with zero attached hydrogens (tertiary/aromatic N) is 2. The van der Waals surface area contributed by atoms with Crippen molar-refractivity contribution in [3.05, 3.63) is 90.6 Å². The van der Waals surface area contributed by atoms with Crippen molar-refractivity contribution in [3.8, 4) is 11.5 Å². The zero-order chi connectivity index (χ0) is 23.5. The summed E-state index contributed by atoms with van der Waals surface area (Å²) in [5, 5.41) is 0. The van der Waals surface area contributed by atoms with Gasteiger partial charge in [0.25, 0.3) is 5.56 Å². The lowest BCUT2D eigenvalue weighted by molar-refractivity contribution is -0.139. The van der Waals surface area contributed by atoms with Crippen LogP contribution < -0.4 is 24.4 Å². The highest BCUT2D eigenvalue weighted by molar-refractivity contribution is 7.07. The van der Waals surface area contributed by atoms with E-state index in [4.69, 9.17) is 14.2 Å². The van der Waals surface area contributed by atoms with E-state index in [0.717, 1.165) is 5.56 Å². The number of rotatable bonds is 6. The highest BCUT2D eigenvalue weighted by atomic mass is 32.1. The quantitative estimate of drug-likeness (QED) is 0.524. The molecule has 1 aliphatic rings. The summed E-state index contributed by atoms with van der Waals surface area (Å²) in [6.45, 7) is 3.69. The molecule has 3 aromatic rings. The van der Waals surface area contributed by atoms with Gasteiger partial charge in [0.1, 0.15) is 17.5 Å². The predicted octanol–water partition coefficient (Wildman–Crippen LogP) is 2.82. The van der Waals surface area contributed by atoms with Crippen LogP contribution in [-0.2, 0) is 9.53 Å². The zero-order valence-electron chi connectivity index (χ0n) is 18.8. The summed E-state index contributed by atoms with van der Waals surface area (Å²) in [5.41, 5.74) is 2.06. The van der Waals surface area contributed by atoms with Gasteiger partial charge in [0.15, 0.2) is 4.80 Å². The molecule has 1 aromatic heterocycles. The fourth-order valence-corrected chi connectivity index (χ4v) is 4.89. The van der Waals surface area contributed by atoms with Crippen molar-refractivity contribution in [3.63, 3.8) is 0 Å². The largest absolute Gasteiger partial charge is 0.497 e. The van der Waals surface area contributed by atoms with E-state index in [-0.39, 0.29) is 12.2 Å². The molecule has 0 fully saturated rings. The van der Waals surface area contributed by atoms with E-state index in [1.165, 1.54) is 15.9 Å². The van der Waals surface area contributed by atoms with Crippen molar-refractivity contribution >= 4 is 23.4 Å². The van der Waals surface area contributed by atoms with Crippen molar-refractivity contribution in [2.75, 3.05) is 20.8 Å². The van der Waals surface area contributed by atoms with Gasteiger partial charge in [-0.25, -0.2) is 9.79 Å². The van der Waals surface area contributed by atoms with Crippen LogP contribution in [0.3, 0.4) is 0 Å². The average Bonchev–Trinajstić information content (AvgIpc) is 3.12. The molecule has 0 spiro atoms. The first-order chi connectivity index (χ1) is 16.0. The van der Waals surface area contributed by atoms with Crippen LogP contribution in [0.2, 0.25) is 0 Å². The molecule has 0 radical (unpaired) electrons. The number of carbonyl (C=O) groups is 1. The molecule has 1 aliphatic heterocycles. The molecule has 1 atom stereocenters. The van der Waals surface area contributed by atoms with E-state index in [1.807, 2.05) is 36.4 Å². The van der Waals surface area contributed by atoms with Gasteiger partial charge in [-0.1, -0.05) is 41.7 Å². The molecule has 7 nitrogen and oxygen atoms in total. The number of benzene rings is 2. The first-order valence-corrected chi connectivity index (χ1v) is 11.3. The third-order valence-corrected chi connectivity index (χ3v) is 6.33. The van der Waals surface area contributed by atoms with Gasteiger partial charge < -0.3 is 14.2 Å². The van der Waals surface area contributed by atoms with Crippen LogP contribution in [0.4, 0.5) is 0 Å². The topological polar surface area (TPSA) is 79.1 Å². The van der Waals surface area contributed by atoms with Crippen molar-refractivity contribution in [2.45, 2.75) is 19.9 Å². The minimum absolute atomic E-state index is 0.204. The van der Waals surface area contributed by atoms with Crippen molar-refractivity contribution in [2.24, 2.45) is 4.99 Å². The van der Waals surface area contributed by atoms with E-state index >= 15 is 0 Å². The molecule has 0 bridgehead atoms. The monoisotopic (exact) mass is 464 g/mol. The molecule has 0 amide bonds. The molecular formula is C25H24N2O5S. The lowest BCUT2D eigenvalue weighted by Gasteiger charge is -2.26. The van der Waals surface area contributed by atoms with E-state index < -0.39 is 12.0 Å². The summed E-state index contributed by atoms with van der Waals surface area (Å²) in [5.74, 6) is 0.580. The molecule has 4 rings (SSSR count). The number of allylic oxidation sites excluding steroid dienone is 1. The standard InChI is InChI=1S/C25H24N2O5S/c1-5-32-24(29)21-15(2)26-25-27(22(21)18-14-17(30-3)11-12-19(18)31-4)23(28)20(33-25)13-16-9-7-6-8-10-16/h6-14,22H,5H2,1-4H3/b20-13+. The van der Waals surface area contributed by atoms with E-state index in [2.05, 4.69) is 4.99 Å².